The Balaban J connectivity index is 2.61. The lowest BCUT2D eigenvalue weighted by Gasteiger charge is -2.20. The van der Waals surface area contributed by atoms with Crippen molar-refractivity contribution in [1.82, 2.24) is 4.90 Å². The predicted molar refractivity (Wildman–Crippen MR) is 81.4 cm³/mol. The largest absolute Gasteiger partial charge is 0.376 e. The molecule has 0 aliphatic heterocycles. The monoisotopic (exact) mass is 258 g/mol. The van der Waals surface area contributed by atoms with Crippen molar-refractivity contribution in [2.24, 2.45) is 0 Å². The molecule has 3 nitrogen and oxygen atoms in total. The predicted octanol–water partition coefficient (Wildman–Crippen LogP) is 2.92. The Labute approximate surface area is 115 Å². The van der Waals surface area contributed by atoms with Crippen molar-refractivity contribution >= 4 is 11.6 Å². The number of benzene rings is 1. The Morgan fingerprint density at radius 3 is 2.16 bits per heavy atom. The van der Waals surface area contributed by atoms with Gasteiger partial charge in [-0.1, -0.05) is 18.2 Å². The molecule has 0 heterocycles. The van der Waals surface area contributed by atoms with E-state index in [4.69, 9.17) is 0 Å². The minimum atomic E-state index is 0.0407. The molecule has 1 rings (SSSR count). The van der Waals surface area contributed by atoms with E-state index in [9.17, 15) is 4.79 Å². The molecule has 0 fully saturated rings. The third kappa shape index (κ3) is 5.00. The molecule has 1 aromatic rings. The van der Waals surface area contributed by atoms with Crippen molar-refractivity contribution < 1.29 is 4.79 Å². The van der Waals surface area contributed by atoms with E-state index in [1.807, 2.05) is 26.0 Å². The van der Waals surface area contributed by atoms with E-state index in [0.29, 0.717) is 13.1 Å². The molecule has 0 radical (unpaired) electrons. The summed E-state index contributed by atoms with van der Waals surface area (Å²) in [7, 11) is 0. The fourth-order valence-electron chi connectivity index (χ4n) is 1.96. The normalized spacial score (nSPS) is 9.79. The number of anilines is 1. The SMILES string of the molecule is C=CCN(CC=C)C(=O)CNc1cc(C)cc(C)c1. The Kier molecular flexibility index (Phi) is 5.86. The van der Waals surface area contributed by atoms with Gasteiger partial charge < -0.3 is 10.2 Å². The summed E-state index contributed by atoms with van der Waals surface area (Å²) in [6.07, 6.45) is 3.44. The minimum absolute atomic E-state index is 0.0407. The van der Waals surface area contributed by atoms with Gasteiger partial charge in [0.15, 0.2) is 0 Å². The zero-order valence-electron chi connectivity index (χ0n) is 11.8. The van der Waals surface area contributed by atoms with Gasteiger partial charge in [0.2, 0.25) is 5.91 Å². The van der Waals surface area contributed by atoms with Crippen LogP contribution in [-0.2, 0) is 4.79 Å². The first-order chi connectivity index (χ1) is 9.06. The summed E-state index contributed by atoms with van der Waals surface area (Å²) in [5, 5.41) is 3.16. The number of aryl methyl sites for hydroxylation is 2. The average molecular weight is 258 g/mol. The first kappa shape index (κ1) is 15.0. The van der Waals surface area contributed by atoms with Gasteiger partial charge in [0, 0.05) is 18.8 Å². The highest BCUT2D eigenvalue weighted by Gasteiger charge is 2.10. The van der Waals surface area contributed by atoms with Crippen LogP contribution in [0.15, 0.2) is 43.5 Å². The highest BCUT2D eigenvalue weighted by atomic mass is 16.2. The third-order valence-electron chi connectivity index (χ3n) is 2.72. The second kappa shape index (κ2) is 7.41. The topological polar surface area (TPSA) is 32.3 Å². The maximum Gasteiger partial charge on any atom is 0.242 e. The second-order valence-corrected chi connectivity index (χ2v) is 4.61. The molecule has 0 aliphatic carbocycles. The summed E-state index contributed by atoms with van der Waals surface area (Å²) in [4.78, 5) is 13.7. The molecule has 0 atom stereocenters. The summed E-state index contributed by atoms with van der Waals surface area (Å²) in [5.74, 6) is 0.0407. The smallest absolute Gasteiger partial charge is 0.242 e. The first-order valence-electron chi connectivity index (χ1n) is 6.38. The molecule has 0 bridgehead atoms. The summed E-state index contributed by atoms with van der Waals surface area (Å²) in [6, 6.07) is 6.17. The molecule has 19 heavy (non-hydrogen) atoms. The van der Waals surface area contributed by atoms with Gasteiger partial charge >= 0.3 is 0 Å². The molecular formula is C16H22N2O. The highest BCUT2D eigenvalue weighted by Crippen LogP contribution is 2.13. The van der Waals surface area contributed by atoms with Gasteiger partial charge in [-0.2, -0.15) is 0 Å². The average Bonchev–Trinajstić information content (AvgIpc) is 2.34. The van der Waals surface area contributed by atoms with Crippen LogP contribution in [0.2, 0.25) is 0 Å². The quantitative estimate of drug-likeness (QED) is 0.763. The molecule has 0 spiro atoms. The van der Waals surface area contributed by atoms with Crippen LogP contribution < -0.4 is 5.32 Å². The highest BCUT2D eigenvalue weighted by molar-refractivity contribution is 5.81. The molecule has 3 heteroatoms. The Morgan fingerprint density at radius 2 is 1.68 bits per heavy atom. The second-order valence-electron chi connectivity index (χ2n) is 4.61. The summed E-state index contributed by atoms with van der Waals surface area (Å²) in [5.41, 5.74) is 3.34. The molecule has 0 aliphatic rings. The van der Waals surface area contributed by atoms with Crippen LogP contribution in [0.25, 0.3) is 0 Å². The molecule has 102 valence electrons. The summed E-state index contributed by atoms with van der Waals surface area (Å²) < 4.78 is 0. The summed E-state index contributed by atoms with van der Waals surface area (Å²) >= 11 is 0. The van der Waals surface area contributed by atoms with E-state index in [0.717, 1.165) is 5.69 Å². The van der Waals surface area contributed by atoms with Gasteiger partial charge in [-0.25, -0.2) is 0 Å². The lowest BCUT2D eigenvalue weighted by atomic mass is 10.1. The van der Waals surface area contributed by atoms with Crippen molar-refractivity contribution in [3.63, 3.8) is 0 Å². The fourth-order valence-corrected chi connectivity index (χ4v) is 1.96. The zero-order valence-corrected chi connectivity index (χ0v) is 11.8. The van der Waals surface area contributed by atoms with Crippen LogP contribution in [-0.4, -0.2) is 30.4 Å². The number of hydrogen-bond acceptors (Lipinski definition) is 2. The standard InChI is InChI=1S/C16H22N2O/c1-5-7-18(8-6-2)16(19)12-17-15-10-13(3)9-14(4)11-15/h5-6,9-11,17H,1-2,7-8,12H2,3-4H3. The lowest BCUT2D eigenvalue weighted by Crippen LogP contribution is -2.35. The van der Waals surface area contributed by atoms with E-state index >= 15 is 0 Å². The van der Waals surface area contributed by atoms with Gasteiger partial charge in [0.05, 0.1) is 6.54 Å². The van der Waals surface area contributed by atoms with Gasteiger partial charge in [0.25, 0.3) is 0 Å². The number of hydrogen-bond donors (Lipinski definition) is 1. The van der Waals surface area contributed by atoms with Crippen molar-refractivity contribution in [2.75, 3.05) is 25.0 Å². The number of amides is 1. The molecule has 0 saturated heterocycles. The third-order valence-corrected chi connectivity index (χ3v) is 2.72. The summed E-state index contributed by atoms with van der Waals surface area (Å²) in [6.45, 7) is 12.8. The molecule has 0 aromatic heterocycles. The molecule has 1 N–H and O–H groups in total. The Morgan fingerprint density at radius 1 is 1.16 bits per heavy atom. The van der Waals surface area contributed by atoms with E-state index < -0.39 is 0 Å². The molecule has 0 saturated carbocycles. The van der Waals surface area contributed by atoms with E-state index in [-0.39, 0.29) is 12.5 Å². The maximum atomic E-state index is 12.0. The van der Waals surface area contributed by atoms with Crippen molar-refractivity contribution in [1.29, 1.82) is 0 Å². The van der Waals surface area contributed by atoms with Crippen LogP contribution >= 0.6 is 0 Å². The number of carbonyl (C=O) groups excluding carboxylic acids is 1. The number of nitrogens with zero attached hydrogens (tertiary/aromatic N) is 1. The first-order valence-corrected chi connectivity index (χ1v) is 6.38. The molecule has 1 amide bonds. The van der Waals surface area contributed by atoms with Gasteiger partial charge in [-0.3, -0.25) is 4.79 Å². The van der Waals surface area contributed by atoms with E-state index in [1.54, 1.807) is 17.1 Å². The van der Waals surface area contributed by atoms with Crippen molar-refractivity contribution in [3.05, 3.63) is 54.6 Å². The number of nitrogens with one attached hydrogen (secondary N) is 1. The number of rotatable bonds is 7. The van der Waals surface area contributed by atoms with Crippen LogP contribution in [0.4, 0.5) is 5.69 Å². The fraction of sp³-hybridized carbons (Fsp3) is 0.312. The van der Waals surface area contributed by atoms with Crippen molar-refractivity contribution in [2.45, 2.75) is 13.8 Å². The number of carbonyl (C=O) groups is 1. The van der Waals surface area contributed by atoms with Crippen LogP contribution in [0.5, 0.6) is 0 Å². The zero-order chi connectivity index (χ0) is 14.3. The molecule has 1 aromatic carbocycles. The Hall–Kier alpha value is -2.03. The lowest BCUT2D eigenvalue weighted by molar-refractivity contribution is -0.128. The van der Waals surface area contributed by atoms with E-state index in [2.05, 4.69) is 24.5 Å². The molecule has 0 unspecified atom stereocenters. The van der Waals surface area contributed by atoms with Crippen LogP contribution in [0, 0.1) is 13.8 Å². The minimum Gasteiger partial charge on any atom is -0.376 e. The Bertz CT molecular complexity index is 436. The van der Waals surface area contributed by atoms with Crippen LogP contribution in [0.1, 0.15) is 11.1 Å². The van der Waals surface area contributed by atoms with Crippen LogP contribution in [0.3, 0.4) is 0 Å². The van der Waals surface area contributed by atoms with Gasteiger partial charge in [0.1, 0.15) is 0 Å². The van der Waals surface area contributed by atoms with Gasteiger partial charge in [-0.15, -0.1) is 13.2 Å². The van der Waals surface area contributed by atoms with E-state index in [1.165, 1.54) is 11.1 Å². The van der Waals surface area contributed by atoms with Crippen molar-refractivity contribution in [3.8, 4) is 0 Å². The van der Waals surface area contributed by atoms with Gasteiger partial charge in [-0.05, 0) is 37.1 Å². The maximum absolute atomic E-state index is 12.0. The molecular weight excluding hydrogens is 236 g/mol.